The maximum Gasteiger partial charge on any atom is 0.0321 e. The van der Waals surface area contributed by atoms with Crippen LogP contribution in [0.4, 0.5) is 0 Å². The van der Waals surface area contributed by atoms with Crippen molar-refractivity contribution in [2.45, 2.75) is 66.2 Å². The zero-order chi connectivity index (χ0) is 18.6. The number of hydrogen-bond donors (Lipinski definition) is 0. The van der Waals surface area contributed by atoms with Gasteiger partial charge in [0.2, 0.25) is 0 Å². The molecular formula is C25H30. The Hall–Kier alpha value is -2.04. The highest BCUT2D eigenvalue weighted by Gasteiger charge is 2.27. The average molecular weight is 331 g/mol. The summed E-state index contributed by atoms with van der Waals surface area (Å²) in [6.45, 7) is 17.9. The Labute approximate surface area is 153 Å². The van der Waals surface area contributed by atoms with Crippen LogP contribution in [0.1, 0.15) is 77.6 Å². The summed E-state index contributed by atoms with van der Waals surface area (Å²) < 4.78 is 0. The van der Waals surface area contributed by atoms with E-state index < -0.39 is 0 Å². The van der Waals surface area contributed by atoms with Gasteiger partial charge in [0.15, 0.2) is 0 Å². The minimum atomic E-state index is 0.149. The van der Waals surface area contributed by atoms with Crippen molar-refractivity contribution in [3.05, 3.63) is 70.0 Å². The Morgan fingerprint density at radius 2 is 1.04 bits per heavy atom. The zero-order valence-electron chi connectivity index (χ0n) is 17.0. The Morgan fingerprint density at radius 1 is 0.640 bits per heavy atom. The molecular weight excluding hydrogens is 300 g/mol. The lowest BCUT2D eigenvalue weighted by atomic mass is 9.85. The molecule has 1 aliphatic rings. The summed E-state index contributed by atoms with van der Waals surface area (Å²) in [5, 5.41) is 0. The fourth-order valence-electron chi connectivity index (χ4n) is 3.43. The predicted octanol–water partition coefficient (Wildman–Crippen LogP) is 7.26. The van der Waals surface area contributed by atoms with Crippen LogP contribution in [0.3, 0.4) is 0 Å². The lowest BCUT2D eigenvalue weighted by Crippen LogP contribution is -2.11. The fraction of sp³-hybridized carbons (Fsp3) is 0.400. The van der Waals surface area contributed by atoms with E-state index >= 15 is 0 Å². The Bertz CT molecular complexity index is 833. The summed E-state index contributed by atoms with van der Waals surface area (Å²) in [7, 11) is 0. The molecule has 0 bridgehead atoms. The molecule has 2 aromatic carbocycles. The molecule has 0 fully saturated rings. The topological polar surface area (TPSA) is 0 Å². The third kappa shape index (κ3) is 3.24. The number of hydrogen-bond acceptors (Lipinski definition) is 0. The molecule has 0 saturated heterocycles. The second kappa shape index (κ2) is 5.75. The number of benzene rings is 2. The monoisotopic (exact) mass is 330 g/mol. The van der Waals surface area contributed by atoms with E-state index in [0.29, 0.717) is 0 Å². The van der Waals surface area contributed by atoms with Crippen LogP contribution in [-0.4, -0.2) is 0 Å². The van der Waals surface area contributed by atoms with Crippen molar-refractivity contribution in [2.24, 2.45) is 0 Å². The van der Waals surface area contributed by atoms with Crippen molar-refractivity contribution < 1.29 is 0 Å². The van der Waals surface area contributed by atoms with Crippen molar-refractivity contribution in [1.29, 1.82) is 0 Å². The first-order chi connectivity index (χ1) is 11.5. The quantitative estimate of drug-likeness (QED) is 0.380. The maximum absolute atomic E-state index is 3.64. The van der Waals surface area contributed by atoms with E-state index in [1.165, 1.54) is 44.5 Å². The van der Waals surface area contributed by atoms with E-state index in [9.17, 15) is 0 Å². The Kier molecular flexibility index (Phi) is 4.09. The van der Waals surface area contributed by atoms with Gasteiger partial charge in [0.05, 0.1) is 0 Å². The Morgan fingerprint density at radius 3 is 1.36 bits per heavy atom. The summed E-state index contributed by atoms with van der Waals surface area (Å²) in [5.74, 6) is 0. The molecule has 2 aromatic rings. The largest absolute Gasteiger partial charge is 0.113 e. The van der Waals surface area contributed by atoms with E-state index in [4.69, 9.17) is 0 Å². The molecule has 0 aromatic heterocycles. The summed E-state index contributed by atoms with van der Waals surface area (Å²) >= 11 is 0. The second-order valence-corrected chi connectivity index (χ2v) is 9.52. The van der Waals surface area contributed by atoms with E-state index in [0.717, 1.165) is 0 Å². The molecule has 25 heavy (non-hydrogen) atoms. The number of allylic oxidation sites excluding steroid dienone is 1. The molecule has 0 saturated carbocycles. The van der Waals surface area contributed by atoms with Crippen LogP contribution < -0.4 is 0 Å². The van der Waals surface area contributed by atoms with Gasteiger partial charge < -0.3 is 0 Å². The number of rotatable bonds is 0. The van der Waals surface area contributed by atoms with Crippen LogP contribution in [0.5, 0.6) is 0 Å². The average Bonchev–Trinajstić information content (AvgIpc) is 2.78. The molecule has 0 heteroatoms. The van der Waals surface area contributed by atoms with E-state index in [1.807, 2.05) is 0 Å². The second-order valence-electron chi connectivity index (χ2n) is 9.52. The van der Waals surface area contributed by atoms with Crippen molar-refractivity contribution in [3.63, 3.8) is 0 Å². The molecule has 0 aliphatic heterocycles. The van der Waals surface area contributed by atoms with Crippen LogP contribution in [0, 0.1) is 0 Å². The van der Waals surface area contributed by atoms with Gasteiger partial charge in [0, 0.05) is 5.57 Å². The molecule has 0 spiro atoms. The highest BCUT2D eigenvalue weighted by atomic mass is 14.3. The van der Waals surface area contributed by atoms with Crippen LogP contribution in [0.2, 0.25) is 0 Å². The fourth-order valence-corrected chi connectivity index (χ4v) is 3.43. The van der Waals surface area contributed by atoms with Crippen LogP contribution in [0.25, 0.3) is 16.7 Å². The molecule has 0 unspecified atom stereocenters. The highest BCUT2D eigenvalue weighted by Crippen LogP contribution is 2.46. The van der Waals surface area contributed by atoms with E-state index in [1.54, 1.807) is 0 Å². The maximum atomic E-state index is 3.64. The molecule has 0 nitrogen and oxygen atoms in total. The molecule has 130 valence electrons. The molecule has 0 amide bonds. The van der Waals surface area contributed by atoms with Gasteiger partial charge in [-0.2, -0.15) is 0 Å². The van der Waals surface area contributed by atoms with Gasteiger partial charge in [0.1, 0.15) is 0 Å². The molecule has 0 radical (unpaired) electrons. The van der Waals surface area contributed by atoms with Gasteiger partial charge in [-0.1, -0.05) is 65.8 Å². The highest BCUT2D eigenvalue weighted by molar-refractivity contribution is 6.01. The van der Waals surface area contributed by atoms with E-state index in [-0.39, 0.29) is 10.8 Å². The van der Waals surface area contributed by atoms with Crippen molar-refractivity contribution >= 4 is 5.57 Å². The first kappa shape index (κ1) is 17.8. The first-order valence-corrected chi connectivity index (χ1v) is 9.23. The summed E-state index contributed by atoms with van der Waals surface area (Å²) in [6, 6.07) is 13.9. The minimum absolute atomic E-state index is 0.149. The summed E-state index contributed by atoms with van der Waals surface area (Å²) in [6.07, 6.45) is 0. The van der Waals surface area contributed by atoms with Crippen molar-refractivity contribution in [2.75, 3.05) is 0 Å². The van der Waals surface area contributed by atoms with Crippen molar-refractivity contribution in [3.8, 4) is 11.1 Å². The smallest absolute Gasteiger partial charge is 0.0321 e. The van der Waals surface area contributed by atoms with Crippen LogP contribution in [0.15, 0.2) is 47.7 Å². The lowest BCUT2D eigenvalue weighted by Gasteiger charge is -2.20. The van der Waals surface area contributed by atoms with Gasteiger partial charge in [-0.15, -0.1) is 5.73 Å². The normalized spacial score (nSPS) is 13.4. The molecule has 0 heterocycles. The van der Waals surface area contributed by atoms with Gasteiger partial charge in [0.25, 0.3) is 0 Å². The third-order valence-electron chi connectivity index (χ3n) is 4.98. The number of fused-ring (bicyclic) bond motifs is 3. The molecule has 0 atom stereocenters. The van der Waals surface area contributed by atoms with Crippen molar-refractivity contribution in [1.82, 2.24) is 0 Å². The first-order valence-electron chi connectivity index (χ1n) is 9.23. The van der Waals surface area contributed by atoms with Gasteiger partial charge in [-0.25, -0.2) is 0 Å². The molecule has 3 rings (SSSR count). The van der Waals surface area contributed by atoms with Gasteiger partial charge in [-0.05, 0) is 75.8 Å². The van der Waals surface area contributed by atoms with Gasteiger partial charge in [-0.3, -0.25) is 0 Å². The van der Waals surface area contributed by atoms with Crippen LogP contribution >= 0.6 is 0 Å². The minimum Gasteiger partial charge on any atom is -0.113 e. The predicted molar refractivity (Wildman–Crippen MR) is 110 cm³/mol. The standard InChI is InChI=1S/C25H30/c1-16(2)13-21-22-14-17(24(3,4)5)9-11-19(22)20-12-10-18(15-23(20)21)25(6,7)8/h9-12,14-15H,1-8H3. The van der Waals surface area contributed by atoms with E-state index in [2.05, 4.69) is 97.5 Å². The molecule has 1 aliphatic carbocycles. The van der Waals surface area contributed by atoms with Gasteiger partial charge >= 0.3 is 0 Å². The van der Waals surface area contributed by atoms with Crippen LogP contribution in [-0.2, 0) is 10.8 Å². The third-order valence-corrected chi connectivity index (χ3v) is 4.98. The Balaban J connectivity index is 2.32. The summed E-state index contributed by atoms with van der Waals surface area (Å²) in [5.41, 5.74) is 14.5. The molecule has 0 N–H and O–H groups in total. The lowest BCUT2D eigenvalue weighted by molar-refractivity contribution is 0.590. The zero-order valence-corrected chi connectivity index (χ0v) is 17.0. The summed E-state index contributed by atoms with van der Waals surface area (Å²) in [4.78, 5) is 0. The SMILES string of the molecule is CC(C)=C=C1c2cc(C(C)(C)C)ccc2-c2ccc(C(C)(C)C)cc21.